The van der Waals surface area contributed by atoms with Gasteiger partial charge in [-0.3, -0.25) is 4.79 Å². The maximum Gasteiger partial charge on any atom is 0.221 e. The molecule has 1 amide bonds. The summed E-state index contributed by atoms with van der Waals surface area (Å²) in [7, 11) is 4.13. The summed E-state index contributed by atoms with van der Waals surface area (Å²) in [6, 6.07) is 8.47. The van der Waals surface area contributed by atoms with Crippen molar-refractivity contribution in [2.45, 2.75) is 24.8 Å². The van der Waals surface area contributed by atoms with Crippen LogP contribution >= 0.6 is 23.5 Å². The number of hydrogen-bond donors (Lipinski definition) is 1. The second-order valence-corrected chi connectivity index (χ2v) is 8.16. The zero-order valence-corrected chi connectivity index (χ0v) is 14.4. The molecule has 0 bridgehead atoms. The van der Waals surface area contributed by atoms with Gasteiger partial charge in [-0.2, -0.15) is 23.5 Å². The highest BCUT2D eigenvalue weighted by atomic mass is 32.2. The molecule has 3 nitrogen and oxygen atoms in total. The second kappa shape index (κ2) is 8.71. The van der Waals surface area contributed by atoms with E-state index in [0.29, 0.717) is 18.2 Å². The lowest BCUT2D eigenvalue weighted by Gasteiger charge is -2.20. The number of hydrogen-bond acceptors (Lipinski definition) is 4. The largest absolute Gasteiger partial charge is 0.352 e. The van der Waals surface area contributed by atoms with Gasteiger partial charge >= 0.3 is 0 Å². The Balaban J connectivity index is 1.73. The minimum absolute atomic E-state index is 0.173. The van der Waals surface area contributed by atoms with Crippen molar-refractivity contribution < 1.29 is 4.79 Å². The molecule has 2 rings (SSSR count). The van der Waals surface area contributed by atoms with Gasteiger partial charge in [0.05, 0.1) is 0 Å². The molecule has 1 atom stereocenters. The summed E-state index contributed by atoms with van der Waals surface area (Å²) in [5, 5.41) is 3.53. The molecule has 0 spiro atoms. The summed E-state index contributed by atoms with van der Waals surface area (Å²) in [6.45, 7) is 1.58. The number of carbonyl (C=O) groups is 1. The van der Waals surface area contributed by atoms with E-state index < -0.39 is 0 Å². The van der Waals surface area contributed by atoms with Gasteiger partial charge in [0.25, 0.3) is 0 Å². The van der Waals surface area contributed by atoms with Crippen LogP contribution in [0.25, 0.3) is 0 Å². The fraction of sp³-hybridized carbons (Fsp3) is 0.562. The van der Waals surface area contributed by atoms with Gasteiger partial charge in [0.15, 0.2) is 0 Å². The molecular weight excluding hydrogens is 300 g/mol. The molecule has 1 aliphatic heterocycles. The van der Waals surface area contributed by atoms with Crippen molar-refractivity contribution in [3.05, 3.63) is 35.4 Å². The molecule has 1 aromatic carbocycles. The lowest BCUT2D eigenvalue weighted by Crippen LogP contribution is -2.28. The quantitative estimate of drug-likeness (QED) is 0.872. The Morgan fingerprint density at radius 2 is 1.95 bits per heavy atom. The molecule has 1 aromatic rings. The van der Waals surface area contributed by atoms with Crippen LogP contribution in [0.4, 0.5) is 0 Å². The van der Waals surface area contributed by atoms with Crippen LogP contribution in [0.15, 0.2) is 24.3 Å². The van der Waals surface area contributed by atoms with Crippen LogP contribution in [0.1, 0.15) is 17.5 Å². The number of carbonyl (C=O) groups excluding carboxylic acids is 1. The zero-order chi connectivity index (χ0) is 15.1. The smallest absolute Gasteiger partial charge is 0.221 e. The first-order valence-corrected chi connectivity index (χ1v) is 9.52. The van der Waals surface area contributed by atoms with E-state index in [1.807, 2.05) is 23.5 Å². The number of amides is 1. The van der Waals surface area contributed by atoms with Crippen LogP contribution in [-0.4, -0.2) is 47.4 Å². The van der Waals surface area contributed by atoms with E-state index >= 15 is 0 Å². The number of nitrogens with one attached hydrogen (secondary N) is 1. The van der Waals surface area contributed by atoms with Crippen LogP contribution in [0, 0.1) is 0 Å². The molecule has 21 heavy (non-hydrogen) atoms. The summed E-state index contributed by atoms with van der Waals surface area (Å²) in [5.41, 5.74) is 2.46. The van der Waals surface area contributed by atoms with Crippen molar-refractivity contribution in [1.82, 2.24) is 10.2 Å². The monoisotopic (exact) mass is 324 g/mol. The first-order valence-electron chi connectivity index (χ1n) is 7.32. The lowest BCUT2D eigenvalue weighted by atomic mass is 10.1. The molecule has 1 N–H and O–H groups in total. The molecule has 0 radical (unpaired) electrons. The number of benzene rings is 1. The van der Waals surface area contributed by atoms with Gasteiger partial charge in [0.1, 0.15) is 0 Å². The molecular formula is C16H24N2OS2. The van der Waals surface area contributed by atoms with Crippen LogP contribution < -0.4 is 5.32 Å². The first kappa shape index (κ1) is 16.7. The standard InChI is InChI=1S/C16H24N2OS2/c1-18(2)11-14-5-3-13(4-6-14)10-17-16(19)9-15-12-20-7-8-21-15/h3-6,15H,7-12H2,1-2H3,(H,17,19). The van der Waals surface area contributed by atoms with E-state index in [4.69, 9.17) is 0 Å². The Labute approximate surface area is 136 Å². The Morgan fingerprint density at radius 1 is 1.24 bits per heavy atom. The van der Waals surface area contributed by atoms with Crippen LogP contribution in [0.3, 0.4) is 0 Å². The van der Waals surface area contributed by atoms with Gasteiger partial charge in [-0.25, -0.2) is 0 Å². The van der Waals surface area contributed by atoms with Gasteiger partial charge in [-0.1, -0.05) is 24.3 Å². The number of thioether (sulfide) groups is 2. The van der Waals surface area contributed by atoms with Crippen molar-refractivity contribution in [3.8, 4) is 0 Å². The van der Waals surface area contributed by atoms with E-state index in [9.17, 15) is 4.79 Å². The molecule has 0 aliphatic carbocycles. The Morgan fingerprint density at radius 3 is 2.57 bits per heavy atom. The molecule has 0 saturated carbocycles. The van der Waals surface area contributed by atoms with Gasteiger partial charge in [-0.05, 0) is 25.2 Å². The minimum atomic E-state index is 0.173. The zero-order valence-electron chi connectivity index (χ0n) is 12.8. The Bertz CT molecular complexity index is 442. The average molecular weight is 325 g/mol. The number of nitrogens with zero attached hydrogens (tertiary/aromatic N) is 1. The van der Waals surface area contributed by atoms with E-state index in [-0.39, 0.29) is 5.91 Å². The summed E-state index contributed by atoms with van der Waals surface area (Å²) in [4.78, 5) is 14.1. The highest BCUT2D eigenvalue weighted by Crippen LogP contribution is 2.26. The normalized spacial score (nSPS) is 18.7. The molecule has 5 heteroatoms. The average Bonchev–Trinajstić information content (AvgIpc) is 2.47. The lowest BCUT2D eigenvalue weighted by molar-refractivity contribution is -0.121. The molecule has 1 fully saturated rings. The van der Waals surface area contributed by atoms with E-state index in [0.717, 1.165) is 17.9 Å². The van der Waals surface area contributed by atoms with Gasteiger partial charge in [-0.15, -0.1) is 0 Å². The maximum absolute atomic E-state index is 12.0. The van der Waals surface area contributed by atoms with E-state index in [2.05, 4.69) is 48.6 Å². The third-order valence-corrected chi connectivity index (χ3v) is 6.15. The Hall–Kier alpha value is -0.650. The first-order chi connectivity index (χ1) is 10.1. The SMILES string of the molecule is CN(C)Cc1ccc(CNC(=O)CC2CSCCS2)cc1. The highest BCUT2D eigenvalue weighted by molar-refractivity contribution is 8.06. The van der Waals surface area contributed by atoms with Crippen molar-refractivity contribution in [2.75, 3.05) is 31.4 Å². The van der Waals surface area contributed by atoms with Crippen molar-refractivity contribution >= 4 is 29.4 Å². The molecule has 1 heterocycles. The maximum atomic E-state index is 12.0. The molecule has 1 unspecified atom stereocenters. The van der Waals surface area contributed by atoms with Crippen molar-refractivity contribution in [2.24, 2.45) is 0 Å². The highest BCUT2D eigenvalue weighted by Gasteiger charge is 2.17. The third kappa shape index (κ3) is 6.32. The fourth-order valence-electron chi connectivity index (χ4n) is 2.26. The molecule has 1 saturated heterocycles. The van der Waals surface area contributed by atoms with Crippen LogP contribution in [-0.2, 0) is 17.9 Å². The minimum Gasteiger partial charge on any atom is -0.352 e. The Kier molecular flexibility index (Phi) is 6.93. The molecule has 0 aromatic heterocycles. The van der Waals surface area contributed by atoms with Crippen molar-refractivity contribution in [1.29, 1.82) is 0 Å². The van der Waals surface area contributed by atoms with E-state index in [1.165, 1.54) is 17.1 Å². The molecule has 1 aliphatic rings. The second-order valence-electron chi connectivity index (χ2n) is 5.60. The van der Waals surface area contributed by atoms with Crippen LogP contribution in [0.2, 0.25) is 0 Å². The topological polar surface area (TPSA) is 32.3 Å². The fourth-order valence-corrected chi connectivity index (χ4v) is 4.94. The van der Waals surface area contributed by atoms with Crippen LogP contribution in [0.5, 0.6) is 0 Å². The van der Waals surface area contributed by atoms with Gasteiger partial charge < -0.3 is 10.2 Å². The summed E-state index contributed by atoms with van der Waals surface area (Å²) >= 11 is 3.90. The van der Waals surface area contributed by atoms with Gasteiger partial charge in [0.2, 0.25) is 5.91 Å². The summed E-state index contributed by atoms with van der Waals surface area (Å²) in [5.74, 6) is 3.68. The summed E-state index contributed by atoms with van der Waals surface area (Å²) < 4.78 is 0. The predicted octanol–water partition coefficient (Wildman–Crippen LogP) is 2.60. The summed E-state index contributed by atoms with van der Waals surface area (Å²) in [6.07, 6.45) is 0.649. The third-order valence-electron chi connectivity index (χ3n) is 3.31. The predicted molar refractivity (Wildman–Crippen MR) is 93.9 cm³/mol. The molecule has 116 valence electrons. The number of rotatable bonds is 6. The van der Waals surface area contributed by atoms with E-state index in [1.54, 1.807) is 0 Å². The van der Waals surface area contributed by atoms with Gasteiger partial charge in [0, 0.05) is 42.0 Å². The van der Waals surface area contributed by atoms with Crippen molar-refractivity contribution in [3.63, 3.8) is 0 Å².